The van der Waals surface area contributed by atoms with Gasteiger partial charge in [0.15, 0.2) is 0 Å². The molecule has 0 aromatic heterocycles. The zero-order chi connectivity index (χ0) is 11.5. The Hall–Kier alpha value is -1.13. The van der Waals surface area contributed by atoms with Crippen molar-refractivity contribution in [3.63, 3.8) is 0 Å². The molecule has 0 aliphatic heterocycles. The van der Waals surface area contributed by atoms with E-state index in [2.05, 4.69) is 0 Å². The molecule has 1 aromatic carbocycles. The van der Waals surface area contributed by atoms with Gasteiger partial charge >= 0.3 is 0 Å². The first kappa shape index (κ1) is 13.9. The minimum Gasteiger partial charge on any atom is -0.324 e. The van der Waals surface area contributed by atoms with E-state index in [-0.39, 0.29) is 29.1 Å². The van der Waals surface area contributed by atoms with Gasteiger partial charge in [-0.25, -0.2) is 0 Å². The zero-order valence-electron chi connectivity index (χ0n) is 9.54. The lowest BCUT2D eigenvalue weighted by Gasteiger charge is -2.18. The van der Waals surface area contributed by atoms with E-state index in [4.69, 9.17) is 5.73 Å². The molecule has 1 aliphatic rings. The Labute approximate surface area is 107 Å². The van der Waals surface area contributed by atoms with Crippen LogP contribution in [0.2, 0.25) is 0 Å². The quantitative estimate of drug-likeness (QED) is 0.667. The first-order chi connectivity index (χ1) is 7.68. The number of benzene rings is 1. The van der Waals surface area contributed by atoms with E-state index in [0.29, 0.717) is 5.92 Å². The van der Waals surface area contributed by atoms with E-state index in [0.717, 1.165) is 18.4 Å². The molecule has 0 heterocycles. The van der Waals surface area contributed by atoms with Crippen LogP contribution in [0.4, 0.5) is 5.69 Å². The summed E-state index contributed by atoms with van der Waals surface area (Å²) in [4.78, 5) is 10.3. The molecular formula is C12H17ClN2O2. The number of nitrogens with zero attached hydrogens (tertiary/aromatic N) is 1. The predicted octanol–water partition coefficient (Wildman–Crippen LogP) is 3.21. The normalized spacial score (nSPS) is 17.5. The topological polar surface area (TPSA) is 69.2 Å². The fourth-order valence-electron chi connectivity index (χ4n) is 2.43. The summed E-state index contributed by atoms with van der Waals surface area (Å²) >= 11 is 0. The maximum Gasteiger partial charge on any atom is 0.269 e. The Balaban J connectivity index is 0.00000144. The lowest BCUT2D eigenvalue weighted by atomic mass is 9.92. The SMILES string of the molecule is Cl.N[C@@H](c1cccc([N+](=O)[O-])c1)C1CCCC1. The van der Waals surface area contributed by atoms with E-state index in [9.17, 15) is 10.1 Å². The van der Waals surface area contributed by atoms with Crippen molar-refractivity contribution in [1.29, 1.82) is 0 Å². The third-order valence-electron chi connectivity index (χ3n) is 3.37. The average Bonchev–Trinajstić information content (AvgIpc) is 2.81. The highest BCUT2D eigenvalue weighted by molar-refractivity contribution is 5.85. The number of nitro groups is 1. The summed E-state index contributed by atoms with van der Waals surface area (Å²) in [5.74, 6) is 0.488. The van der Waals surface area contributed by atoms with Crippen molar-refractivity contribution in [2.75, 3.05) is 0 Å². The first-order valence-corrected chi connectivity index (χ1v) is 5.68. The molecule has 0 radical (unpaired) electrons. The molecule has 1 fully saturated rings. The van der Waals surface area contributed by atoms with Crippen LogP contribution in [0.1, 0.15) is 37.3 Å². The molecule has 2 rings (SSSR count). The predicted molar refractivity (Wildman–Crippen MR) is 69.2 cm³/mol. The number of hydrogen-bond acceptors (Lipinski definition) is 3. The van der Waals surface area contributed by atoms with Crippen molar-refractivity contribution in [3.05, 3.63) is 39.9 Å². The van der Waals surface area contributed by atoms with E-state index >= 15 is 0 Å². The Morgan fingerprint density at radius 3 is 2.59 bits per heavy atom. The van der Waals surface area contributed by atoms with Gasteiger partial charge in [-0.2, -0.15) is 0 Å². The smallest absolute Gasteiger partial charge is 0.269 e. The molecule has 0 unspecified atom stereocenters. The second-order valence-electron chi connectivity index (χ2n) is 4.42. The van der Waals surface area contributed by atoms with Crippen LogP contribution in [0.3, 0.4) is 0 Å². The molecule has 1 aromatic rings. The maximum atomic E-state index is 10.7. The van der Waals surface area contributed by atoms with Gasteiger partial charge in [-0.15, -0.1) is 12.4 Å². The van der Waals surface area contributed by atoms with Gasteiger partial charge in [-0.3, -0.25) is 10.1 Å². The lowest BCUT2D eigenvalue weighted by Crippen LogP contribution is -2.19. The summed E-state index contributed by atoms with van der Waals surface area (Å²) in [6, 6.07) is 6.65. The van der Waals surface area contributed by atoms with Crippen LogP contribution in [0.5, 0.6) is 0 Å². The summed E-state index contributed by atoms with van der Waals surface area (Å²) in [5, 5.41) is 10.7. The van der Waals surface area contributed by atoms with Gasteiger partial charge in [-0.1, -0.05) is 25.0 Å². The van der Waals surface area contributed by atoms with Gasteiger partial charge < -0.3 is 5.73 Å². The van der Waals surface area contributed by atoms with Crippen molar-refractivity contribution < 1.29 is 4.92 Å². The molecule has 4 nitrogen and oxygen atoms in total. The third-order valence-corrected chi connectivity index (χ3v) is 3.37. The highest BCUT2D eigenvalue weighted by atomic mass is 35.5. The van der Waals surface area contributed by atoms with Crippen LogP contribution in [-0.2, 0) is 0 Å². The summed E-state index contributed by atoms with van der Waals surface area (Å²) in [6.45, 7) is 0. The summed E-state index contributed by atoms with van der Waals surface area (Å²) < 4.78 is 0. The number of nitrogens with two attached hydrogens (primary N) is 1. The number of halogens is 1. The molecule has 0 saturated heterocycles. The van der Waals surface area contributed by atoms with Crippen molar-refractivity contribution in [1.82, 2.24) is 0 Å². The van der Waals surface area contributed by atoms with Crippen molar-refractivity contribution in [3.8, 4) is 0 Å². The summed E-state index contributed by atoms with van der Waals surface area (Å²) in [5.41, 5.74) is 7.17. The van der Waals surface area contributed by atoms with Crippen LogP contribution < -0.4 is 5.73 Å². The Bertz CT molecular complexity index is 392. The fraction of sp³-hybridized carbons (Fsp3) is 0.500. The summed E-state index contributed by atoms with van der Waals surface area (Å²) in [7, 11) is 0. The molecule has 1 aliphatic carbocycles. The molecule has 2 N–H and O–H groups in total. The Morgan fingerprint density at radius 1 is 1.35 bits per heavy atom. The largest absolute Gasteiger partial charge is 0.324 e. The third kappa shape index (κ3) is 3.17. The molecule has 1 saturated carbocycles. The van der Waals surface area contributed by atoms with E-state index in [1.54, 1.807) is 12.1 Å². The summed E-state index contributed by atoms with van der Waals surface area (Å²) in [6.07, 6.45) is 4.74. The van der Waals surface area contributed by atoms with E-state index in [1.165, 1.54) is 18.9 Å². The van der Waals surface area contributed by atoms with Gasteiger partial charge in [0.05, 0.1) is 4.92 Å². The van der Waals surface area contributed by atoms with Gasteiger partial charge in [0.2, 0.25) is 0 Å². The van der Waals surface area contributed by atoms with Gasteiger partial charge in [0.1, 0.15) is 0 Å². The first-order valence-electron chi connectivity index (χ1n) is 5.68. The molecule has 17 heavy (non-hydrogen) atoms. The highest BCUT2D eigenvalue weighted by Gasteiger charge is 2.24. The average molecular weight is 257 g/mol. The van der Waals surface area contributed by atoms with Crippen molar-refractivity contribution >= 4 is 18.1 Å². The fourth-order valence-corrected chi connectivity index (χ4v) is 2.43. The molecule has 0 spiro atoms. The van der Waals surface area contributed by atoms with E-state index < -0.39 is 0 Å². The van der Waals surface area contributed by atoms with Crippen LogP contribution in [-0.4, -0.2) is 4.92 Å². The second kappa shape index (κ2) is 5.98. The Kier molecular flexibility index (Phi) is 4.90. The molecule has 0 bridgehead atoms. The van der Waals surface area contributed by atoms with Crippen LogP contribution in [0.25, 0.3) is 0 Å². The molecule has 1 atom stereocenters. The molecule has 94 valence electrons. The highest BCUT2D eigenvalue weighted by Crippen LogP contribution is 2.34. The number of rotatable bonds is 3. The maximum absolute atomic E-state index is 10.7. The molecule has 5 heteroatoms. The minimum absolute atomic E-state index is 0. The monoisotopic (exact) mass is 256 g/mol. The second-order valence-corrected chi connectivity index (χ2v) is 4.42. The van der Waals surface area contributed by atoms with Gasteiger partial charge in [0.25, 0.3) is 5.69 Å². The van der Waals surface area contributed by atoms with Gasteiger partial charge in [-0.05, 0) is 24.3 Å². The van der Waals surface area contributed by atoms with Crippen LogP contribution in [0, 0.1) is 16.0 Å². The number of non-ortho nitro benzene ring substituents is 1. The minimum atomic E-state index is -0.370. The van der Waals surface area contributed by atoms with Crippen LogP contribution in [0.15, 0.2) is 24.3 Å². The van der Waals surface area contributed by atoms with Gasteiger partial charge in [0, 0.05) is 18.2 Å². The van der Waals surface area contributed by atoms with Crippen molar-refractivity contribution in [2.24, 2.45) is 11.7 Å². The molecular weight excluding hydrogens is 240 g/mol. The number of hydrogen-bond donors (Lipinski definition) is 1. The Morgan fingerprint density at radius 2 is 2.00 bits per heavy atom. The van der Waals surface area contributed by atoms with Crippen molar-refractivity contribution in [2.45, 2.75) is 31.7 Å². The zero-order valence-corrected chi connectivity index (χ0v) is 10.4. The van der Waals surface area contributed by atoms with Crippen LogP contribution >= 0.6 is 12.4 Å². The standard InChI is InChI=1S/C12H16N2O2.ClH/c13-12(9-4-1-2-5-9)10-6-3-7-11(8-10)14(15)16;/h3,6-9,12H,1-2,4-5,13H2;1H/t12-;/m1./s1. The number of nitro benzene ring substituents is 1. The molecule has 0 amide bonds. The lowest BCUT2D eigenvalue weighted by molar-refractivity contribution is -0.384. The van der Waals surface area contributed by atoms with E-state index in [1.807, 2.05) is 6.07 Å².